The summed E-state index contributed by atoms with van der Waals surface area (Å²) >= 11 is 0. The Bertz CT molecular complexity index is 708. The molecule has 106 valence electrons. The van der Waals surface area contributed by atoms with Crippen LogP contribution in [0.4, 0.5) is 8.78 Å². The quantitative estimate of drug-likeness (QED) is 0.783. The van der Waals surface area contributed by atoms with Crippen LogP contribution in [-0.2, 0) is 0 Å². The third-order valence-corrected chi connectivity index (χ3v) is 3.83. The van der Waals surface area contributed by atoms with Gasteiger partial charge in [0.15, 0.2) is 11.6 Å². The second-order valence-electron chi connectivity index (χ2n) is 5.53. The normalized spacial score (nSPS) is 14.3. The first kappa shape index (κ1) is 14.1. The molecule has 21 heavy (non-hydrogen) atoms. The third-order valence-electron chi connectivity index (χ3n) is 3.83. The first-order chi connectivity index (χ1) is 9.99. The zero-order valence-electron chi connectivity index (χ0n) is 12.0. The third kappa shape index (κ3) is 2.55. The lowest BCUT2D eigenvalue weighted by molar-refractivity contribution is 0.287. The smallest absolute Gasteiger partial charge is 0.168 e. The number of rotatable bonds is 3. The highest BCUT2D eigenvalue weighted by molar-refractivity contribution is 6.36. The highest BCUT2D eigenvalue weighted by Gasteiger charge is 2.25. The number of ether oxygens (including phenoxy) is 1. The minimum atomic E-state index is -0.453. The molecule has 0 aromatic heterocycles. The van der Waals surface area contributed by atoms with Gasteiger partial charge in [-0.3, -0.25) is 0 Å². The number of halogens is 2. The maximum absolute atomic E-state index is 14.4. The van der Waals surface area contributed by atoms with Crippen LogP contribution in [-0.4, -0.2) is 14.0 Å². The summed E-state index contributed by atoms with van der Waals surface area (Å²) < 4.78 is 33.8. The summed E-state index contributed by atoms with van der Waals surface area (Å²) in [5, 5.41) is 0. The zero-order chi connectivity index (χ0) is 15.1. The molecule has 0 aliphatic heterocycles. The lowest BCUT2D eigenvalue weighted by atomic mass is 9.84. The van der Waals surface area contributed by atoms with Gasteiger partial charge in [-0.2, -0.15) is 0 Å². The van der Waals surface area contributed by atoms with Gasteiger partial charge in [0.25, 0.3) is 0 Å². The molecular weight excluding hydrogens is 269 g/mol. The van der Waals surface area contributed by atoms with E-state index in [1.54, 1.807) is 38.1 Å². The van der Waals surface area contributed by atoms with Gasteiger partial charge in [0.2, 0.25) is 0 Å². The predicted molar refractivity (Wildman–Crippen MR) is 80.3 cm³/mol. The van der Waals surface area contributed by atoms with E-state index in [-0.39, 0.29) is 17.3 Å². The van der Waals surface area contributed by atoms with Crippen molar-refractivity contribution in [1.29, 1.82) is 0 Å². The molecule has 1 aliphatic carbocycles. The SMILES string of the molecule is [B]c1c(-c2ccc(OC3CC3)c(F)c2C)ccc(C)c1F. The molecule has 3 rings (SSSR count). The maximum atomic E-state index is 14.4. The Labute approximate surface area is 124 Å². The molecule has 0 unspecified atom stereocenters. The monoisotopic (exact) mass is 284 g/mol. The van der Waals surface area contributed by atoms with Crippen LogP contribution in [0.5, 0.6) is 5.75 Å². The Morgan fingerprint density at radius 3 is 2.33 bits per heavy atom. The molecule has 1 saturated carbocycles. The summed E-state index contributed by atoms with van der Waals surface area (Å²) in [6, 6.07) is 6.69. The van der Waals surface area contributed by atoms with Gasteiger partial charge < -0.3 is 4.74 Å². The standard InChI is InChI=1S/C17H15BF2O/c1-9-3-6-13(15(18)16(9)19)12-7-8-14(17(20)10(12)2)21-11-4-5-11/h3,6-8,11H,4-5H2,1-2H3. The van der Waals surface area contributed by atoms with Crippen molar-refractivity contribution >= 4 is 13.3 Å². The molecule has 2 aromatic carbocycles. The fourth-order valence-electron chi connectivity index (χ4n) is 2.35. The molecule has 4 heteroatoms. The summed E-state index contributed by atoms with van der Waals surface area (Å²) in [5.41, 5.74) is 2.04. The average molecular weight is 284 g/mol. The van der Waals surface area contributed by atoms with Crippen molar-refractivity contribution in [2.45, 2.75) is 32.8 Å². The molecule has 0 N–H and O–H groups in total. The predicted octanol–water partition coefficient (Wildman–Crippen LogP) is 3.58. The van der Waals surface area contributed by atoms with Gasteiger partial charge in [0, 0.05) is 0 Å². The van der Waals surface area contributed by atoms with Gasteiger partial charge >= 0.3 is 0 Å². The van der Waals surface area contributed by atoms with Crippen LogP contribution >= 0.6 is 0 Å². The van der Waals surface area contributed by atoms with Gasteiger partial charge in [-0.25, -0.2) is 8.78 Å². The topological polar surface area (TPSA) is 9.23 Å². The molecule has 0 bridgehead atoms. The first-order valence-electron chi connectivity index (χ1n) is 6.99. The van der Waals surface area contributed by atoms with Crippen molar-refractivity contribution in [3.63, 3.8) is 0 Å². The molecule has 2 radical (unpaired) electrons. The molecule has 0 spiro atoms. The van der Waals surface area contributed by atoms with E-state index in [4.69, 9.17) is 12.6 Å². The summed E-state index contributed by atoms with van der Waals surface area (Å²) in [4.78, 5) is 0. The van der Waals surface area contributed by atoms with E-state index in [1.165, 1.54) is 0 Å². The lowest BCUT2D eigenvalue weighted by Gasteiger charge is -2.15. The van der Waals surface area contributed by atoms with Crippen molar-refractivity contribution in [2.75, 3.05) is 0 Å². The largest absolute Gasteiger partial charge is 0.487 e. The van der Waals surface area contributed by atoms with E-state index in [0.717, 1.165) is 12.8 Å². The molecular formula is C17H15BF2O. The highest BCUT2D eigenvalue weighted by atomic mass is 19.1. The highest BCUT2D eigenvalue weighted by Crippen LogP contribution is 2.33. The van der Waals surface area contributed by atoms with Crippen molar-refractivity contribution in [2.24, 2.45) is 0 Å². The van der Waals surface area contributed by atoms with Crippen LogP contribution in [0, 0.1) is 25.5 Å². The van der Waals surface area contributed by atoms with Crippen molar-refractivity contribution in [1.82, 2.24) is 0 Å². The van der Waals surface area contributed by atoms with E-state index >= 15 is 0 Å². The second kappa shape index (κ2) is 5.17. The van der Waals surface area contributed by atoms with Crippen LogP contribution in [0.3, 0.4) is 0 Å². The van der Waals surface area contributed by atoms with Crippen LogP contribution in [0.2, 0.25) is 0 Å². The molecule has 0 atom stereocenters. The first-order valence-corrected chi connectivity index (χ1v) is 6.99. The van der Waals surface area contributed by atoms with Crippen molar-refractivity contribution in [3.8, 4) is 16.9 Å². The van der Waals surface area contributed by atoms with Crippen LogP contribution in [0.15, 0.2) is 24.3 Å². The van der Waals surface area contributed by atoms with Gasteiger partial charge in [0.1, 0.15) is 13.7 Å². The van der Waals surface area contributed by atoms with E-state index in [1.807, 2.05) is 0 Å². The number of aryl methyl sites for hydroxylation is 1. The second-order valence-corrected chi connectivity index (χ2v) is 5.53. The maximum Gasteiger partial charge on any atom is 0.168 e. The Morgan fingerprint density at radius 1 is 1.00 bits per heavy atom. The molecule has 1 aliphatic rings. The van der Waals surface area contributed by atoms with Gasteiger partial charge in [-0.05, 0) is 55.0 Å². The van der Waals surface area contributed by atoms with Gasteiger partial charge in [-0.1, -0.05) is 23.7 Å². The Balaban J connectivity index is 2.06. The fraction of sp³-hybridized carbons (Fsp3) is 0.294. The molecule has 0 saturated heterocycles. The van der Waals surface area contributed by atoms with Crippen LogP contribution in [0.1, 0.15) is 24.0 Å². The zero-order valence-corrected chi connectivity index (χ0v) is 12.0. The van der Waals surface area contributed by atoms with E-state index in [0.29, 0.717) is 22.3 Å². The van der Waals surface area contributed by atoms with Gasteiger partial charge in [0.05, 0.1) is 6.10 Å². The number of hydrogen-bond acceptors (Lipinski definition) is 1. The molecule has 1 fully saturated rings. The van der Waals surface area contributed by atoms with Crippen molar-refractivity contribution < 1.29 is 13.5 Å². The Hall–Kier alpha value is -1.84. The van der Waals surface area contributed by atoms with Crippen LogP contribution < -0.4 is 10.2 Å². The number of hydrogen-bond donors (Lipinski definition) is 0. The minimum Gasteiger partial charge on any atom is -0.487 e. The summed E-state index contributed by atoms with van der Waals surface area (Å²) in [6.45, 7) is 3.30. The van der Waals surface area contributed by atoms with Crippen molar-refractivity contribution in [3.05, 3.63) is 47.0 Å². The fourth-order valence-corrected chi connectivity index (χ4v) is 2.35. The average Bonchev–Trinajstić information content (AvgIpc) is 3.27. The van der Waals surface area contributed by atoms with Gasteiger partial charge in [-0.15, -0.1) is 0 Å². The van der Waals surface area contributed by atoms with E-state index in [2.05, 4.69) is 0 Å². The summed E-state index contributed by atoms with van der Waals surface area (Å²) in [5.74, 6) is -0.602. The van der Waals surface area contributed by atoms with E-state index in [9.17, 15) is 8.78 Å². The molecule has 0 amide bonds. The summed E-state index contributed by atoms with van der Waals surface area (Å²) in [6.07, 6.45) is 2.07. The molecule has 1 nitrogen and oxygen atoms in total. The lowest BCUT2D eigenvalue weighted by Crippen LogP contribution is -2.14. The Kier molecular flexibility index (Phi) is 3.48. The summed E-state index contributed by atoms with van der Waals surface area (Å²) in [7, 11) is 5.83. The molecule has 2 aromatic rings. The van der Waals surface area contributed by atoms with E-state index < -0.39 is 11.6 Å². The minimum absolute atomic E-state index is 0.0494. The molecule has 0 heterocycles. The van der Waals surface area contributed by atoms with Crippen LogP contribution in [0.25, 0.3) is 11.1 Å². The number of benzene rings is 2. The Morgan fingerprint density at radius 2 is 1.67 bits per heavy atom.